The van der Waals surface area contributed by atoms with Crippen molar-refractivity contribution in [2.75, 3.05) is 0 Å². The minimum Gasteiger partial charge on any atom is -0.350 e. The molecule has 5 nitrogen and oxygen atoms in total. The minimum absolute atomic E-state index is 0.0660. The Morgan fingerprint density at radius 3 is 2.65 bits per heavy atom. The molecule has 2 aliphatic rings. The number of thioether (sulfide) groups is 1. The Labute approximate surface area is 184 Å². The summed E-state index contributed by atoms with van der Waals surface area (Å²) in [5.41, 5.74) is 5.37. The first kappa shape index (κ1) is 20.1. The first-order valence-corrected chi connectivity index (χ1v) is 11.6. The summed E-state index contributed by atoms with van der Waals surface area (Å²) in [5, 5.41) is 2.02. The Balaban J connectivity index is 1.56. The number of amides is 2. The smallest absolute Gasteiger partial charge is 0.286 e. The summed E-state index contributed by atoms with van der Waals surface area (Å²) in [5.74, 6) is -0.816. The molecule has 5 rings (SSSR count). The molecule has 160 valence electrons. The van der Waals surface area contributed by atoms with Gasteiger partial charge in [0.05, 0.1) is 5.25 Å². The Morgan fingerprint density at radius 1 is 1.16 bits per heavy atom. The highest BCUT2D eigenvalue weighted by atomic mass is 32.2. The normalized spacial score (nSPS) is 20.5. The van der Waals surface area contributed by atoms with Crippen molar-refractivity contribution in [1.82, 2.24) is 15.4 Å². The van der Waals surface area contributed by atoms with Crippen LogP contribution in [0.2, 0.25) is 0 Å². The van der Waals surface area contributed by atoms with Crippen LogP contribution in [0.25, 0.3) is 22.0 Å². The second-order valence-corrected chi connectivity index (χ2v) is 10.0. The summed E-state index contributed by atoms with van der Waals surface area (Å²) < 4.78 is 14.0. The van der Waals surface area contributed by atoms with E-state index in [0.717, 1.165) is 37.7 Å². The van der Waals surface area contributed by atoms with Crippen LogP contribution in [0.1, 0.15) is 49.5 Å². The van der Waals surface area contributed by atoms with E-state index in [4.69, 9.17) is 0 Å². The zero-order chi connectivity index (χ0) is 21.6. The highest BCUT2D eigenvalue weighted by Gasteiger charge is 2.51. The van der Waals surface area contributed by atoms with Gasteiger partial charge in [-0.25, -0.2) is 9.40 Å². The molecule has 2 aromatic carbocycles. The maximum atomic E-state index is 14.0. The van der Waals surface area contributed by atoms with Crippen molar-refractivity contribution in [3.05, 3.63) is 60.0 Å². The van der Waals surface area contributed by atoms with E-state index in [1.165, 1.54) is 12.1 Å². The molecule has 0 radical (unpaired) electrons. The zero-order valence-corrected chi connectivity index (χ0v) is 18.1. The highest BCUT2D eigenvalue weighted by molar-refractivity contribution is 8.02. The van der Waals surface area contributed by atoms with Crippen LogP contribution in [0.3, 0.4) is 0 Å². The Hall–Kier alpha value is -2.80. The Morgan fingerprint density at radius 2 is 1.90 bits per heavy atom. The monoisotopic (exact) mass is 437 g/mol. The van der Waals surface area contributed by atoms with Crippen molar-refractivity contribution in [2.45, 2.75) is 49.1 Å². The average Bonchev–Trinajstić information content (AvgIpc) is 3.25. The van der Waals surface area contributed by atoms with Gasteiger partial charge in [-0.1, -0.05) is 49.6 Å². The molecular formula is C24H24FN3O2S. The maximum Gasteiger partial charge on any atom is 0.286 e. The third-order valence-electron chi connectivity index (χ3n) is 6.27. The number of carbonyl (C=O) groups is 2. The maximum absolute atomic E-state index is 14.0. The van der Waals surface area contributed by atoms with Crippen molar-refractivity contribution in [2.24, 2.45) is 0 Å². The Kier molecular flexibility index (Phi) is 5.01. The topological polar surface area (TPSA) is 65.2 Å². The van der Waals surface area contributed by atoms with E-state index in [1.807, 2.05) is 37.3 Å². The van der Waals surface area contributed by atoms with E-state index in [2.05, 4.69) is 10.4 Å². The SMILES string of the molecule is CC1SC2(CCCCC2)N(NC(=O)c2[nH]c3ccc(F)cc3c2-c2ccccc2)C1=O. The predicted molar refractivity (Wildman–Crippen MR) is 121 cm³/mol. The van der Waals surface area contributed by atoms with Crippen molar-refractivity contribution in [3.8, 4) is 11.1 Å². The molecule has 1 aliphatic carbocycles. The summed E-state index contributed by atoms with van der Waals surface area (Å²) in [7, 11) is 0. The number of fused-ring (bicyclic) bond motifs is 1. The number of H-pyrrole nitrogens is 1. The average molecular weight is 438 g/mol. The first-order chi connectivity index (χ1) is 15.0. The molecule has 1 unspecified atom stereocenters. The van der Waals surface area contributed by atoms with Crippen molar-refractivity contribution in [1.29, 1.82) is 0 Å². The van der Waals surface area contributed by atoms with Gasteiger partial charge in [-0.2, -0.15) is 0 Å². The molecular weight excluding hydrogens is 413 g/mol. The lowest BCUT2D eigenvalue weighted by Crippen LogP contribution is -2.55. The number of benzene rings is 2. The molecule has 3 aromatic rings. The summed E-state index contributed by atoms with van der Waals surface area (Å²) >= 11 is 1.65. The van der Waals surface area contributed by atoms with Gasteiger partial charge >= 0.3 is 0 Å². The van der Waals surface area contributed by atoms with Crippen LogP contribution >= 0.6 is 11.8 Å². The van der Waals surface area contributed by atoms with Crippen LogP contribution in [0, 0.1) is 5.82 Å². The summed E-state index contributed by atoms with van der Waals surface area (Å²) in [6, 6.07) is 13.9. The van der Waals surface area contributed by atoms with E-state index in [9.17, 15) is 14.0 Å². The van der Waals surface area contributed by atoms with Crippen molar-refractivity contribution < 1.29 is 14.0 Å². The number of aromatic amines is 1. The van der Waals surface area contributed by atoms with Gasteiger partial charge in [0.15, 0.2) is 0 Å². The number of aromatic nitrogens is 1. The molecule has 7 heteroatoms. The van der Waals surface area contributed by atoms with Crippen LogP contribution in [-0.4, -0.2) is 31.9 Å². The highest BCUT2D eigenvalue weighted by Crippen LogP contribution is 2.49. The molecule has 1 saturated heterocycles. The molecule has 31 heavy (non-hydrogen) atoms. The van der Waals surface area contributed by atoms with Crippen LogP contribution < -0.4 is 5.43 Å². The lowest BCUT2D eigenvalue weighted by atomic mass is 9.94. The number of halogens is 1. The van der Waals surface area contributed by atoms with Crippen molar-refractivity contribution in [3.63, 3.8) is 0 Å². The summed E-state index contributed by atoms with van der Waals surface area (Å²) in [6.45, 7) is 1.90. The largest absolute Gasteiger partial charge is 0.350 e. The molecule has 1 spiro atoms. The summed E-state index contributed by atoms with van der Waals surface area (Å²) in [4.78, 5) is 29.2. The van der Waals surface area contributed by atoms with E-state index < -0.39 is 0 Å². The molecule has 2 N–H and O–H groups in total. The van der Waals surface area contributed by atoms with Gasteiger partial charge < -0.3 is 4.98 Å². The van der Waals surface area contributed by atoms with Crippen LogP contribution in [0.4, 0.5) is 4.39 Å². The quantitative estimate of drug-likeness (QED) is 0.589. The van der Waals surface area contributed by atoms with Crippen LogP contribution in [0.5, 0.6) is 0 Å². The third-order valence-corrected chi connectivity index (χ3v) is 7.85. The number of hydrazine groups is 1. The molecule has 1 saturated carbocycles. The summed E-state index contributed by atoms with van der Waals surface area (Å²) in [6.07, 6.45) is 4.98. The number of carbonyl (C=O) groups excluding carboxylic acids is 2. The lowest BCUT2D eigenvalue weighted by molar-refractivity contribution is -0.135. The van der Waals surface area contributed by atoms with Gasteiger partial charge in [0, 0.05) is 16.5 Å². The second kappa shape index (κ2) is 7.71. The fourth-order valence-corrected chi connectivity index (χ4v) is 6.44. The van der Waals surface area contributed by atoms with E-state index in [0.29, 0.717) is 22.2 Å². The van der Waals surface area contributed by atoms with Crippen LogP contribution in [-0.2, 0) is 4.79 Å². The van der Waals surface area contributed by atoms with Gasteiger partial charge in [-0.05, 0) is 43.5 Å². The Bertz CT molecular complexity index is 1150. The molecule has 2 heterocycles. The molecule has 2 amide bonds. The number of nitrogens with zero attached hydrogens (tertiary/aromatic N) is 1. The lowest BCUT2D eigenvalue weighted by Gasteiger charge is -2.39. The van der Waals surface area contributed by atoms with Crippen molar-refractivity contribution >= 4 is 34.5 Å². The third kappa shape index (κ3) is 3.41. The minimum atomic E-state index is -0.386. The number of rotatable bonds is 3. The van der Waals surface area contributed by atoms with Gasteiger partial charge in [0.1, 0.15) is 16.4 Å². The number of hydrogen-bond donors (Lipinski definition) is 2. The van der Waals surface area contributed by atoms with Gasteiger partial charge in [0.25, 0.3) is 11.8 Å². The zero-order valence-electron chi connectivity index (χ0n) is 17.3. The van der Waals surface area contributed by atoms with Crippen LogP contribution in [0.15, 0.2) is 48.5 Å². The molecule has 2 fully saturated rings. The van der Waals surface area contributed by atoms with E-state index in [1.54, 1.807) is 22.8 Å². The molecule has 1 aromatic heterocycles. The van der Waals surface area contributed by atoms with E-state index >= 15 is 0 Å². The van der Waals surface area contributed by atoms with Gasteiger partial charge in [-0.3, -0.25) is 15.0 Å². The molecule has 0 bridgehead atoms. The van der Waals surface area contributed by atoms with E-state index in [-0.39, 0.29) is 27.8 Å². The number of nitrogens with one attached hydrogen (secondary N) is 2. The first-order valence-electron chi connectivity index (χ1n) is 10.7. The van der Waals surface area contributed by atoms with Gasteiger partial charge in [0.2, 0.25) is 0 Å². The van der Waals surface area contributed by atoms with Gasteiger partial charge in [-0.15, -0.1) is 11.8 Å². The fourth-order valence-electron chi connectivity index (χ4n) is 4.81. The standard InChI is InChI=1S/C24H24FN3O2S/c1-15-23(30)28(24(31-15)12-6-3-7-13-24)27-22(29)21-20(16-8-4-2-5-9-16)18-14-17(25)10-11-19(18)26-21/h2,4-5,8-11,14-15,26H,3,6-7,12-13H2,1H3,(H,27,29). The molecule has 1 aliphatic heterocycles. The number of hydrogen-bond acceptors (Lipinski definition) is 3. The predicted octanol–water partition coefficient (Wildman–Crippen LogP) is 5.24. The second-order valence-electron chi connectivity index (χ2n) is 8.31. The fraction of sp³-hybridized carbons (Fsp3) is 0.333. The molecule has 1 atom stereocenters.